The lowest BCUT2D eigenvalue weighted by molar-refractivity contribution is -0.623. The van der Waals surface area contributed by atoms with Crippen molar-refractivity contribution in [1.29, 1.82) is 0 Å². The fourth-order valence-electron chi connectivity index (χ4n) is 3.62. The molecular formula is C22H19ClF3N5O5. The number of aldehydes is 1. The van der Waals surface area contributed by atoms with Gasteiger partial charge in [0, 0.05) is 24.6 Å². The Bertz CT molecular complexity index is 1220. The van der Waals surface area contributed by atoms with Gasteiger partial charge in [0.15, 0.2) is 0 Å². The van der Waals surface area contributed by atoms with Gasteiger partial charge < -0.3 is 19.5 Å². The minimum Gasteiger partial charge on any atom is -0.692 e. The van der Waals surface area contributed by atoms with Crippen LogP contribution in [0, 0.1) is 5.21 Å². The number of halogens is 4. The molecule has 0 spiro atoms. The number of amides is 2. The monoisotopic (exact) mass is 525 g/mol. The van der Waals surface area contributed by atoms with Crippen LogP contribution in [0.2, 0.25) is 5.02 Å². The lowest BCUT2D eigenvalue weighted by Gasteiger charge is -2.36. The number of hydrazone groups is 1. The second-order valence-corrected chi connectivity index (χ2v) is 8.16. The van der Waals surface area contributed by atoms with E-state index in [1.165, 1.54) is 29.0 Å². The van der Waals surface area contributed by atoms with Crippen molar-refractivity contribution in [3.63, 3.8) is 0 Å². The van der Waals surface area contributed by atoms with E-state index in [-0.39, 0.29) is 37.1 Å². The lowest BCUT2D eigenvalue weighted by atomic mass is 10.2. The summed E-state index contributed by atoms with van der Waals surface area (Å²) in [6.45, 7) is -0.100. The average Bonchev–Trinajstić information content (AvgIpc) is 3.16. The van der Waals surface area contributed by atoms with Gasteiger partial charge in [0.05, 0.1) is 6.54 Å². The summed E-state index contributed by atoms with van der Waals surface area (Å²) in [7, 11) is 1.43. The summed E-state index contributed by atoms with van der Waals surface area (Å²) in [6.07, 6.45) is -5.45. The molecule has 2 heterocycles. The predicted molar refractivity (Wildman–Crippen MR) is 121 cm³/mol. The number of carbonyl (C=O) groups is 2. The molecule has 1 unspecified atom stereocenters. The number of fused-ring (bicyclic) bond motifs is 1. The zero-order valence-corrected chi connectivity index (χ0v) is 19.4. The van der Waals surface area contributed by atoms with Crippen LogP contribution in [0.15, 0.2) is 53.5 Å². The van der Waals surface area contributed by atoms with Gasteiger partial charge in [-0.05, 0) is 29.8 Å². The van der Waals surface area contributed by atoms with E-state index in [0.29, 0.717) is 21.7 Å². The molecule has 0 saturated heterocycles. The molecule has 0 fully saturated rings. The number of rotatable bonds is 7. The molecule has 0 aromatic heterocycles. The number of alkyl halides is 3. The summed E-state index contributed by atoms with van der Waals surface area (Å²) in [5.74, 6) is -0.540. The number of hydrogen-bond acceptors (Lipinski definition) is 7. The molecule has 0 radical (unpaired) electrons. The molecule has 0 aliphatic carbocycles. The third-order valence-electron chi connectivity index (χ3n) is 5.24. The molecule has 10 nitrogen and oxygen atoms in total. The largest absolute Gasteiger partial charge is 0.692 e. The minimum atomic E-state index is -4.90. The van der Waals surface area contributed by atoms with Crippen LogP contribution in [-0.4, -0.2) is 70.0 Å². The van der Waals surface area contributed by atoms with Crippen LogP contribution in [0.1, 0.15) is 12.0 Å². The Morgan fingerprint density at radius 2 is 1.89 bits per heavy atom. The number of hydrogen-bond donors (Lipinski definition) is 0. The van der Waals surface area contributed by atoms with Gasteiger partial charge in [-0.1, -0.05) is 29.8 Å². The maximum Gasteiger partial charge on any atom is 0.573 e. The first-order valence-electron chi connectivity index (χ1n) is 10.5. The summed E-state index contributed by atoms with van der Waals surface area (Å²) in [6, 6.07) is 10.7. The van der Waals surface area contributed by atoms with E-state index in [4.69, 9.17) is 16.3 Å². The number of urea groups is 1. The molecule has 36 heavy (non-hydrogen) atoms. The van der Waals surface area contributed by atoms with Crippen molar-refractivity contribution >= 4 is 35.8 Å². The fourth-order valence-corrected chi connectivity index (χ4v) is 3.75. The third kappa shape index (κ3) is 5.30. The summed E-state index contributed by atoms with van der Waals surface area (Å²) in [5, 5.41) is 14.6. The molecule has 4 rings (SSSR count). The molecule has 2 aliphatic rings. The maximum absolute atomic E-state index is 13.2. The molecule has 2 amide bonds. The standard InChI is InChI=1S/C22H19ClF3N5O5/c1-28-18-19(31(34)30(21(28)33)10-3-11-32)29(13-14-6-8-15(23)9-7-14)20(27-18)35-16-4-2-5-17(12-16)36-22(24,25)26/h2,4-9,11-12,18H,3,10,13H2,1H3. The molecule has 2 aromatic carbocycles. The Labute approximate surface area is 207 Å². The van der Waals surface area contributed by atoms with E-state index in [9.17, 15) is 28.0 Å². The highest BCUT2D eigenvalue weighted by molar-refractivity contribution is 6.30. The Kier molecular flexibility index (Phi) is 6.93. The number of aliphatic imine (C=N–C) groups is 1. The van der Waals surface area contributed by atoms with Gasteiger partial charge in [-0.25, -0.2) is 4.79 Å². The van der Waals surface area contributed by atoms with Crippen LogP contribution in [-0.2, 0) is 11.3 Å². The summed E-state index contributed by atoms with van der Waals surface area (Å²) < 4.78 is 47.7. The van der Waals surface area contributed by atoms with Crippen LogP contribution < -0.4 is 9.47 Å². The summed E-state index contributed by atoms with van der Waals surface area (Å²) in [4.78, 5) is 30.9. The highest BCUT2D eigenvalue weighted by Crippen LogP contribution is 2.29. The number of benzene rings is 2. The molecular weight excluding hydrogens is 507 g/mol. The van der Waals surface area contributed by atoms with Gasteiger partial charge in [-0.2, -0.15) is 14.9 Å². The second kappa shape index (κ2) is 9.93. The van der Waals surface area contributed by atoms with Gasteiger partial charge in [0.25, 0.3) is 0 Å². The van der Waals surface area contributed by atoms with Gasteiger partial charge >= 0.3 is 24.3 Å². The van der Waals surface area contributed by atoms with Crippen LogP contribution in [0.3, 0.4) is 0 Å². The van der Waals surface area contributed by atoms with E-state index in [1.54, 1.807) is 24.3 Å². The van der Waals surface area contributed by atoms with E-state index in [0.717, 1.165) is 17.1 Å². The van der Waals surface area contributed by atoms with Gasteiger partial charge in [-0.3, -0.25) is 4.90 Å². The SMILES string of the molecule is CN1C(=O)N(CCC=O)[N+]([O-])=C2C1N=C(Oc1cccc(OC(F)(F)F)c1)N2Cc1ccc(Cl)cc1. The molecule has 2 aromatic rings. The normalized spacial score (nSPS) is 17.8. The number of ether oxygens (including phenoxy) is 2. The van der Waals surface area contributed by atoms with Crippen molar-refractivity contribution in [2.45, 2.75) is 25.5 Å². The zero-order chi connectivity index (χ0) is 26.0. The molecule has 1 atom stereocenters. The number of hydrazine groups is 1. The zero-order valence-electron chi connectivity index (χ0n) is 18.7. The maximum atomic E-state index is 13.2. The van der Waals surface area contributed by atoms with Gasteiger partial charge in [0.1, 0.15) is 24.3 Å². The van der Waals surface area contributed by atoms with E-state index >= 15 is 0 Å². The van der Waals surface area contributed by atoms with Crippen LogP contribution in [0.5, 0.6) is 11.5 Å². The number of amidine groups is 2. The average molecular weight is 526 g/mol. The highest BCUT2D eigenvalue weighted by atomic mass is 35.5. The first-order valence-corrected chi connectivity index (χ1v) is 10.9. The highest BCUT2D eigenvalue weighted by Gasteiger charge is 2.51. The molecule has 2 aliphatic heterocycles. The summed E-state index contributed by atoms with van der Waals surface area (Å²) in [5.41, 5.74) is 0.699. The van der Waals surface area contributed by atoms with Crippen molar-refractivity contribution in [2.75, 3.05) is 13.6 Å². The molecule has 0 saturated carbocycles. The predicted octanol–water partition coefficient (Wildman–Crippen LogP) is 3.60. The van der Waals surface area contributed by atoms with Gasteiger partial charge in [0.2, 0.25) is 6.17 Å². The molecule has 0 bridgehead atoms. The first-order chi connectivity index (χ1) is 17.1. The van der Waals surface area contributed by atoms with E-state index < -0.39 is 24.3 Å². The topological polar surface area (TPSA) is 101 Å². The number of carbonyl (C=O) groups excluding carboxylic acids is 2. The fraction of sp³-hybridized carbons (Fsp3) is 0.273. The van der Waals surface area contributed by atoms with Crippen molar-refractivity contribution in [1.82, 2.24) is 14.8 Å². The quantitative estimate of drug-likeness (QED) is 0.311. The molecule has 14 heteroatoms. The Morgan fingerprint density at radius 3 is 2.56 bits per heavy atom. The smallest absolute Gasteiger partial charge is 0.573 e. The Hall–Kier alpha value is -4.00. The molecule has 0 N–H and O–H groups in total. The number of likely N-dealkylation sites (N-methyl/N-ethyl adjacent to an activating group) is 1. The van der Waals surface area contributed by atoms with E-state index in [1.807, 2.05) is 0 Å². The van der Waals surface area contributed by atoms with Crippen molar-refractivity contribution < 1.29 is 37.1 Å². The minimum absolute atomic E-state index is 0.00986. The first kappa shape index (κ1) is 25.1. The molecule has 190 valence electrons. The summed E-state index contributed by atoms with van der Waals surface area (Å²) >= 11 is 5.96. The van der Waals surface area contributed by atoms with Crippen molar-refractivity contribution in [3.8, 4) is 11.5 Å². The van der Waals surface area contributed by atoms with Crippen LogP contribution >= 0.6 is 11.6 Å². The Morgan fingerprint density at radius 1 is 1.19 bits per heavy atom. The van der Waals surface area contributed by atoms with Crippen LogP contribution in [0.25, 0.3) is 0 Å². The Balaban J connectivity index is 1.71. The van der Waals surface area contributed by atoms with E-state index in [2.05, 4.69) is 9.73 Å². The third-order valence-corrected chi connectivity index (χ3v) is 5.49. The van der Waals surface area contributed by atoms with Crippen molar-refractivity contribution in [3.05, 3.63) is 64.3 Å². The second-order valence-electron chi connectivity index (χ2n) is 7.73. The lowest BCUT2D eigenvalue weighted by Crippen LogP contribution is -2.61. The van der Waals surface area contributed by atoms with Gasteiger partial charge in [-0.15, -0.1) is 18.0 Å². The van der Waals surface area contributed by atoms with Crippen LogP contribution in [0.4, 0.5) is 18.0 Å². The number of nitrogens with zero attached hydrogens (tertiary/aromatic N) is 5. The van der Waals surface area contributed by atoms with Crippen molar-refractivity contribution in [2.24, 2.45) is 4.99 Å².